The van der Waals surface area contributed by atoms with E-state index in [0.29, 0.717) is 30.2 Å². The third kappa shape index (κ3) is 8.06. The Kier molecular flexibility index (Phi) is 11.0. The molecule has 0 aliphatic heterocycles. The van der Waals surface area contributed by atoms with Crippen molar-refractivity contribution in [2.45, 2.75) is 22.3 Å². The van der Waals surface area contributed by atoms with Crippen molar-refractivity contribution >= 4 is 27.4 Å². The number of aliphatic carboxylic acids is 1. The number of nitrogens with one attached hydrogen (secondary N) is 1. The molecular formula is C23H22ClN2NaO6S. The number of aliphatic hydroxyl groups is 1. The van der Waals surface area contributed by atoms with Gasteiger partial charge in [0.15, 0.2) is 0 Å². The van der Waals surface area contributed by atoms with Crippen LogP contribution in [0.25, 0.3) is 0 Å². The minimum Gasteiger partial charge on any atom is -0.546 e. The standard InChI is InChI=1S/C23H23ClN2O6S.Na/c24-22-10-3-17(13-26-22)21(27)14-25-12-11-16-1-6-19(7-2-16)33(30,31)20-8-4-18(5-9-20)32-15-23(28)29;/h1-10,13,21,25,27H,11-12,14-15H2,(H,28,29);/q;+1/p-1/t21-;/m0./s1. The Morgan fingerprint density at radius 1 is 1.06 bits per heavy atom. The summed E-state index contributed by atoms with van der Waals surface area (Å²) in [6.45, 7) is 0.329. The second-order valence-electron chi connectivity index (χ2n) is 7.16. The van der Waals surface area contributed by atoms with Gasteiger partial charge in [0, 0.05) is 18.3 Å². The van der Waals surface area contributed by atoms with E-state index in [2.05, 4.69) is 10.3 Å². The zero-order valence-electron chi connectivity index (χ0n) is 18.5. The van der Waals surface area contributed by atoms with Gasteiger partial charge in [0.25, 0.3) is 0 Å². The van der Waals surface area contributed by atoms with Crippen molar-refractivity contribution in [1.29, 1.82) is 0 Å². The number of hydrogen-bond acceptors (Lipinski definition) is 8. The molecule has 3 aromatic rings. The van der Waals surface area contributed by atoms with Crippen molar-refractivity contribution in [2.75, 3.05) is 19.7 Å². The first-order valence-electron chi connectivity index (χ1n) is 10.0. The largest absolute Gasteiger partial charge is 1.00 e. The Morgan fingerprint density at radius 2 is 1.68 bits per heavy atom. The number of aliphatic hydroxyl groups excluding tert-OH is 1. The molecule has 0 amide bonds. The maximum Gasteiger partial charge on any atom is 1.00 e. The number of sulfone groups is 1. The number of halogens is 1. The van der Waals surface area contributed by atoms with Crippen molar-refractivity contribution in [3.8, 4) is 5.75 Å². The van der Waals surface area contributed by atoms with Gasteiger partial charge in [0.1, 0.15) is 17.5 Å². The molecule has 3 rings (SSSR count). The first-order chi connectivity index (χ1) is 15.8. The number of pyridine rings is 1. The van der Waals surface area contributed by atoms with Gasteiger partial charge in [-0.05, 0) is 61.0 Å². The SMILES string of the molecule is O=C([O-])COc1ccc(S(=O)(=O)c2ccc(CCNC[C@H](O)c3ccc(Cl)nc3)cc2)cc1.[Na+]. The van der Waals surface area contributed by atoms with E-state index in [0.717, 1.165) is 5.56 Å². The molecule has 1 aromatic heterocycles. The predicted molar refractivity (Wildman–Crippen MR) is 120 cm³/mol. The second-order valence-corrected chi connectivity index (χ2v) is 9.50. The van der Waals surface area contributed by atoms with Crippen LogP contribution in [0.5, 0.6) is 5.75 Å². The van der Waals surface area contributed by atoms with Gasteiger partial charge >= 0.3 is 29.6 Å². The topological polar surface area (TPSA) is 129 Å². The third-order valence-corrected chi connectivity index (χ3v) is 6.80. The Morgan fingerprint density at radius 3 is 2.24 bits per heavy atom. The van der Waals surface area contributed by atoms with E-state index in [1.165, 1.54) is 30.5 Å². The van der Waals surface area contributed by atoms with Crippen molar-refractivity contribution in [2.24, 2.45) is 0 Å². The summed E-state index contributed by atoms with van der Waals surface area (Å²) in [5.74, 6) is -1.13. The Balaban J connectivity index is 0.00000408. The molecule has 11 heteroatoms. The van der Waals surface area contributed by atoms with E-state index >= 15 is 0 Å². The average molecular weight is 513 g/mol. The maximum atomic E-state index is 12.8. The minimum atomic E-state index is -3.72. The Labute approximate surface area is 225 Å². The summed E-state index contributed by atoms with van der Waals surface area (Å²) in [5, 5.41) is 24.1. The second kappa shape index (κ2) is 13.2. The van der Waals surface area contributed by atoms with Crippen molar-refractivity contribution in [1.82, 2.24) is 10.3 Å². The molecule has 0 fully saturated rings. The summed E-state index contributed by atoms with van der Waals surface area (Å²) in [5.41, 5.74) is 1.61. The number of carboxylic acids is 1. The van der Waals surface area contributed by atoms with Gasteiger partial charge in [-0.3, -0.25) is 0 Å². The number of rotatable bonds is 11. The predicted octanol–water partition coefficient (Wildman–Crippen LogP) is -1.43. The zero-order valence-corrected chi connectivity index (χ0v) is 22.1. The van der Waals surface area contributed by atoms with Crippen molar-refractivity contribution < 1.29 is 57.7 Å². The monoisotopic (exact) mass is 512 g/mol. The van der Waals surface area contributed by atoms with E-state index in [4.69, 9.17) is 16.3 Å². The molecule has 174 valence electrons. The number of aromatic nitrogens is 1. The molecular weight excluding hydrogens is 491 g/mol. The minimum absolute atomic E-state index is 0. The summed E-state index contributed by atoms with van der Waals surface area (Å²) in [6, 6.07) is 15.4. The van der Waals surface area contributed by atoms with Gasteiger partial charge in [-0.2, -0.15) is 0 Å². The van der Waals surface area contributed by atoms with Gasteiger partial charge in [-0.1, -0.05) is 29.8 Å². The average Bonchev–Trinajstić information content (AvgIpc) is 2.81. The van der Waals surface area contributed by atoms with Crippen molar-refractivity contribution in [3.63, 3.8) is 0 Å². The number of carbonyl (C=O) groups is 1. The molecule has 8 nitrogen and oxygen atoms in total. The van der Waals surface area contributed by atoms with Crippen molar-refractivity contribution in [3.05, 3.63) is 83.1 Å². The summed E-state index contributed by atoms with van der Waals surface area (Å²) >= 11 is 5.74. The molecule has 2 aromatic carbocycles. The molecule has 1 atom stereocenters. The van der Waals surface area contributed by atoms with Crippen LogP contribution >= 0.6 is 11.6 Å². The summed E-state index contributed by atoms with van der Waals surface area (Å²) in [4.78, 5) is 14.6. The van der Waals surface area contributed by atoms with E-state index in [-0.39, 0.29) is 45.1 Å². The summed E-state index contributed by atoms with van der Waals surface area (Å²) < 4.78 is 30.6. The smallest absolute Gasteiger partial charge is 0.546 e. The normalized spacial score (nSPS) is 11.9. The van der Waals surface area contributed by atoms with E-state index in [9.17, 15) is 23.4 Å². The van der Waals surface area contributed by atoms with Crippen LogP contribution in [-0.2, 0) is 21.1 Å². The van der Waals surface area contributed by atoms with Crippen LogP contribution in [0.15, 0.2) is 76.7 Å². The fraction of sp³-hybridized carbons (Fsp3) is 0.217. The number of benzene rings is 2. The number of carboxylic acid groups (broad SMARTS) is 1. The molecule has 0 aliphatic carbocycles. The molecule has 0 saturated carbocycles. The molecule has 0 radical (unpaired) electrons. The fourth-order valence-corrected chi connectivity index (χ4v) is 4.38. The van der Waals surface area contributed by atoms with Crippen LogP contribution in [0.3, 0.4) is 0 Å². The Bertz CT molecular complexity index is 1170. The molecule has 0 saturated heterocycles. The number of nitrogens with zero attached hydrogens (tertiary/aromatic N) is 1. The van der Waals surface area contributed by atoms with E-state index in [1.54, 1.807) is 36.4 Å². The first-order valence-corrected chi connectivity index (χ1v) is 11.9. The third-order valence-electron chi connectivity index (χ3n) is 4.79. The van der Waals surface area contributed by atoms with Gasteiger partial charge in [-0.15, -0.1) is 0 Å². The molecule has 0 bridgehead atoms. The number of carbonyl (C=O) groups excluding carboxylic acids is 1. The van der Waals surface area contributed by atoms with E-state index in [1.807, 2.05) is 0 Å². The van der Waals surface area contributed by atoms with Gasteiger partial charge in [-0.25, -0.2) is 13.4 Å². The van der Waals surface area contributed by atoms with Crippen LogP contribution in [0.4, 0.5) is 0 Å². The molecule has 34 heavy (non-hydrogen) atoms. The fourth-order valence-electron chi connectivity index (χ4n) is 3.00. The maximum absolute atomic E-state index is 12.8. The van der Waals surface area contributed by atoms with Crippen LogP contribution < -0.4 is 44.7 Å². The van der Waals surface area contributed by atoms with Crippen LogP contribution in [0.2, 0.25) is 5.15 Å². The molecule has 1 heterocycles. The molecule has 2 N–H and O–H groups in total. The van der Waals surface area contributed by atoms with Crippen LogP contribution in [0, 0.1) is 0 Å². The first kappa shape index (κ1) is 28.3. The van der Waals surface area contributed by atoms with E-state index < -0.39 is 28.5 Å². The summed E-state index contributed by atoms with van der Waals surface area (Å²) in [6.07, 6.45) is 1.47. The van der Waals surface area contributed by atoms with Gasteiger partial charge in [0.05, 0.1) is 21.9 Å². The summed E-state index contributed by atoms with van der Waals surface area (Å²) in [7, 11) is -3.72. The van der Waals surface area contributed by atoms with Gasteiger partial charge in [0.2, 0.25) is 9.84 Å². The van der Waals surface area contributed by atoms with Crippen LogP contribution in [-0.4, -0.2) is 44.2 Å². The zero-order chi connectivity index (χ0) is 23.8. The van der Waals surface area contributed by atoms with Crippen LogP contribution in [0.1, 0.15) is 17.2 Å². The quantitative estimate of drug-likeness (QED) is 0.182. The van der Waals surface area contributed by atoms with Gasteiger partial charge < -0.3 is 25.1 Å². The molecule has 0 aliphatic rings. The molecule has 0 spiro atoms. The molecule has 0 unspecified atom stereocenters. The Hall–Kier alpha value is -1.98. The number of ether oxygens (including phenoxy) is 1. The number of hydrogen-bond donors (Lipinski definition) is 2.